The molecule has 0 saturated carbocycles. The second kappa shape index (κ2) is 10.6. The molecule has 0 spiro atoms. The van der Waals surface area contributed by atoms with E-state index < -0.39 is 15.8 Å². The van der Waals surface area contributed by atoms with Gasteiger partial charge in [0.25, 0.3) is 0 Å². The Bertz CT molecular complexity index is 1140. The summed E-state index contributed by atoms with van der Waals surface area (Å²) in [6.45, 7) is 3.47. The first kappa shape index (κ1) is 24.9. The molecule has 0 bridgehead atoms. The van der Waals surface area contributed by atoms with Gasteiger partial charge in [-0.05, 0) is 74.6 Å². The zero-order valence-electron chi connectivity index (χ0n) is 19.3. The van der Waals surface area contributed by atoms with E-state index in [-0.39, 0.29) is 42.3 Å². The lowest BCUT2D eigenvalue weighted by atomic mass is 9.91. The minimum atomic E-state index is -3.84. The molecular formula is C25H30ClFN2O4S. The Morgan fingerprint density at radius 2 is 1.88 bits per heavy atom. The predicted octanol–water partition coefficient (Wildman–Crippen LogP) is 4.65. The number of amides is 1. The lowest BCUT2D eigenvalue weighted by molar-refractivity contribution is -0.134. The maximum Gasteiger partial charge on any atom is 0.243 e. The van der Waals surface area contributed by atoms with Crippen LogP contribution < -0.4 is 4.74 Å². The molecule has 2 aliphatic rings. The van der Waals surface area contributed by atoms with Crippen LogP contribution in [0.3, 0.4) is 0 Å². The van der Waals surface area contributed by atoms with Crippen LogP contribution in [0.2, 0.25) is 5.02 Å². The number of hydrogen-bond donors (Lipinski definition) is 0. The first-order chi connectivity index (χ1) is 16.2. The highest BCUT2D eigenvalue weighted by Crippen LogP contribution is 2.31. The number of likely N-dealkylation sites (tertiary alicyclic amines) is 1. The molecule has 0 radical (unpaired) electrons. The van der Waals surface area contributed by atoms with Crippen molar-refractivity contribution in [3.63, 3.8) is 0 Å². The summed E-state index contributed by atoms with van der Waals surface area (Å²) < 4.78 is 48.0. The van der Waals surface area contributed by atoms with Crippen LogP contribution >= 0.6 is 11.6 Å². The summed E-state index contributed by atoms with van der Waals surface area (Å²) in [6.07, 6.45) is 3.42. The van der Waals surface area contributed by atoms with Crippen molar-refractivity contribution in [3.8, 4) is 5.75 Å². The summed E-state index contributed by atoms with van der Waals surface area (Å²) in [6, 6.07) is 10.8. The number of benzene rings is 2. The number of nitrogens with zero attached hydrogens (tertiary/aromatic N) is 2. The Labute approximate surface area is 205 Å². The van der Waals surface area contributed by atoms with E-state index >= 15 is 0 Å². The molecule has 6 nitrogen and oxygen atoms in total. The molecular weight excluding hydrogens is 479 g/mol. The minimum Gasteiger partial charge on any atom is -0.490 e. The van der Waals surface area contributed by atoms with Crippen molar-refractivity contribution in [2.45, 2.75) is 50.0 Å². The number of carbonyl (C=O) groups excluding carboxylic acids is 1. The van der Waals surface area contributed by atoms with Crippen LogP contribution in [0.5, 0.6) is 5.75 Å². The highest BCUT2D eigenvalue weighted by molar-refractivity contribution is 7.89. The number of sulfonamides is 1. The number of hydrogen-bond acceptors (Lipinski definition) is 4. The third kappa shape index (κ3) is 5.73. The average molecular weight is 509 g/mol. The number of piperidine rings is 2. The van der Waals surface area contributed by atoms with E-state index in [9.17, 15) is 17.6 Å². The van der Waals surface area contributed by atoms with Crippen molar-refractivity contribution in [1.82, 2.24) is 9.21 Å². The lowest BCUT2D eigenvalue weighted by Crippen LogP contribution is -2.49. The number of carbonyl (C=O) groups is 1. The van der Waals surface area contributed by atoms with Gasteiger partial charge in [0.1, 0.15) is 17.7 Å². The summed E-state index contributed by atoms with van der Waals surface area (Å²) in [5.74, 6) is -0.173. The second-order valence-electron chi connectivity index (χ2n) is 9.08. The molecule has 0 aromatic heterocycles. The summed E-state index contributed by atoms with van der Waals surface area (Å²) >= 11 is 6.11. The molecule has 4 rings (SSSR count). The first-order valence-electron chi connectivity index (χ1n) is 11.7. The van der Waals surface area contributed by atoms with E-state index in [2.05, 4.69) is 0 Å². The Hall–Kier alpha value is -2.16. The number of halogens is 2. The van der Waals surface area contributed by atoms with Crippen LogP contribution in [0, 0.1) is 18.7 Å². The summed E-state index contributed by atoms with van der Waals surface area (Å²) in [7, 11) is -3.84. The molecule has 0 N–H and O–H groups in total. The predicted molar refractivity (Wildman–Crippen MR) is 129 cm³/mol. The van der Waals surface area contributed by atoms with Crippen molar-refractivity contribution in [3.05, 3.63) is 58.9 Å². The van der Waals surface area contributed by atoms with E-state index in [0.717, 1.165) is 38.4 Å². The highest BCUT2D eigenvalue weighted by atomic mass is 35.5. The minimum absolute atomic E-state index is 0.0293. The monoisotopic (exact) mass is 508 g/mol. The second-order valence-corrected chi connectivity index (χ2v) is 11.4. The molecule has 2 aromatic carbocycles. The first-order valence-corrected chi connectivity index (χ1v) is 13.5. The fraction of sp³-hybridized carbons (Fsp3) is 0.480. The quantitative estimate of drug-likeness (QED) is 0.569. The molecule has 0 aliphatic carbocycles. The molecule has 9 heteroatoms. The zero-order valence-corrected chi connectivity index (χ0v) is 20.8. The van der Waals surface area contributed by atoms with E-state index in [1.54, 1.807) is 31.2 Å². The topological polar surface area (TPSA) is 66.9 Å². The largest absolute Gasteiger partial charge is 0.490 e. The molecule has 2 heterocycles. The van der Waals surface area contributed by atoms with Crippen molar-refractivity contribution < 1.29 is 22.3 Å². The summed E-state index contributed by atoms with van der Waals surface area (Å²) in [4.78, 5) is 15.0. The Kier molecular flexibility index (Phi) is 7.80. The Morgan fingerprint density at radius 3 is 2.59 bits per heavy atom. The molecule has 2 aliphatic heterocycles. The molecule has 1 amide bonds. The standard InChI is InChI=1S/C25H30ClFN2O4S/c1-18-14-21(27)8-9-24(18)34(31,32)29-13-10-23(33-22-7-5-6-20(26)16-22)19(17-29)15-25(30)28-11-3-2-4-12-28/h5-9,14,16,19,23H,2-4,10-13,15,17H2,1H3/t19-,23-/m0/s1. The fourth-order valence-electron chi connectivity index (χ4n) is 4.80. The van der Waals surface area contributed by atoms with Crippen LogP contribution in [0.1, 0.15) is 37.7 Å². The van der Waals surface area contributed by atoms with E-state index in [1.165, 1.54) is 16.4 Å². The summed E-state index contributed by atoms with van der Waals surface area (Å²) in [5.41, 5.74) is 0.359. The summed E-state index contributed by atoms with van der Waals surface area (Å²) in [5, 5.41) is 0.547. The molecule has 2 saturated heterocycles. The molecule has 34 heavy (non-hydrogen) atoms. The fourth-order valence-corrected chi connectivity index (χ4v) is 6.70. The maximum atomic E-state index is 13.6. The van der Waals surface area contributed by atoms with E-state index in [0.29, 0.717) is 22.8 Å². The van der Waals surface area contributed by atoms with Crippen LogP contribution in [0.25, 0.3) is 0 Å². The molecule has 2 fully saturated rings. The van der Waals surface area contributed by atoms with Crippen molar-refractivity contribution in [2.75, 3.05) is 26.2 Å². The molecule has 2 atom stereocenters. The van der Waals surface area contributed by atoms with Gasteiger partial charge in [0, 0.05) is 43.5 Å². The van der Waals surface area contributed by atoms with E-state index in [4.69, 9.17) is 16.3 Å². The van der Waals surface area contributed by atoms with Gasteiger partial charge in [0.05, 0.1) is 4.90 Å². The van der Waals surface area contributed by atoms with Gasteiger partial charge >= 0.3 is 0 Å². The van der Waals surface area contributed by atoms with Gasteiger partial charge in [-0.15, -0.1) is 0 Å². The average Bonchev–Trinajstić information content (AvgIpc) is 2.80. The van der Waals surface area contributed by atoms with Gasteiger partial charge < -0.3 is 9.64 Å². The van der Waals surface area contributed by atoms with Gasteiger partial charge in [0.15, 0.2) is 0 Å². The third-order valence-electron chi connectivity index (χ3n) is 6.61. The SMILES string of the molecule is Cc1cc(F)ccc1S(=O)(=O)N1CC[C@H](Oc2cccc(Cl)c2)[C@@H](CC(=O)N2CCCCC2)C1. The Balaban J connectivity index is 1.56. The zero-order chi connectivity index (χ0) is 24.3. The van der Waals surface area contributed by atoms with Crippen LogP contribution in [0.15, 0.2) is 47.4 Å². The van der Waals surface area contributed by atoms with Gasteiger partial charge in [-0.1, -0.05) is 17.7 Å². The van der Waals surface area contributed by atoms with Crippen LogP contribution in [-0.2, 0) is 14.8 Å². The number of ether oxygens (including phenoxy) is 1. The van der Waals surface area contributed by atoms with Gasteiger partial charge in [-0.3, -0.25) is 4.79 Å². The number of aryl methyl sites for hydroxylation is 1. The van der Waals surface area contributed by atoms with Crippen molar-refractivity contribution >= 4 is 27.5 Å². The van der Waals surface area contributed by atoms with Crippen molar-refractivity contribution in [1.29, 1.82) is 0 Å². The number of rotatable bonds is 6. The van der Waals surface area contributed by atoms with Crippen LogP contribution in [0.4, 0.5) is 4.39 Å². The van der Waals surface area contributed by atoms with Gasteiger partial charge in [-0.2, -0.15) is 4.31 Å². The van der Waals surface area contributed by atoms with Gasteiger partial charge in [0.2, 0.25) is 15.9 Å². The van der Waals surface area contributed by atoms with Gasteiger partial charge in [-0.25, -0.2) is 12.8 Å². The maximum absolute atomic E-state index is 13.6. The van der Waals surface area contributed by atoms with Crippen molar-refractivity contribution in [2.24, 2.45) is 5.92 Å². The lowest BCUT2D eigenvalue weighted by Gasteiger charge is -2.39. The third-order valence-corrected chi connectivity index (χ3v) is 8.87. The highest BCUT2D eigenvalue weighted by Gasteiger charge is 2.39. The van der Waals surface area contributed by atoms with E-state index in [1.807, 2.05) is 4.90 Å². The van der Waals surface area contributed by atoms with Crippen LogP contribution in [-0.4, -0.2) is 55.8 Å². The molecule has 0 unspecified atom stereocenters. The normalized spacial score (nSPS) is 21.9. The molecule has 2 aromatic rings. The smallest absolute Gasteiger partial charge is 0.243 e. The molecule has 184 valence electrons. The Morgan fingerprint density at radius 1 is 1.12 bits per heavy atom.